The normalized spacial score (nSPS) is 12.8. The number of para-hydroxylation sites is 2. The molecule has 0 saturated carbocycles. The number of aryl methyl sites for hydroxylation is 1. The summed E-state index contributed by atoms with van der Waals surface area (Å²) in [6, 6.07) is 66.4. The summed E-state index contributed by atoms with van der Waals surface area (Å²) in [5.41, 5.74) is 15.2. The van der Waals surface area contributed by atoms with E-state index >= 15 is 0 Å². The lowest BCUT2D eigenvalue weighted by molar-refractivity contribution is 0.475. The molecule has 61 heavy (non-hydrogen) atoms. The van der Waals surface area contributed by atoms with Gasteiger partial charge >= 0.3 is 0 Å². The van der Waals surface area contributed by atoms with Crippen LogP contribution in [0, 0.1) is 6.92 Å². The molecule has 1 heterocycles. The number of nitrogens with zero attached hydrogens (tertiary/aromatic N) is 2. The number of aromatic hydroxyl groups is 1. The van der Waals surface area contributed by atoms with Gasteiger partial charge in [-0.3, -0.25) is 0 Å². The molecule has 4 heteroatoms. The molecular formula is C57H50N2O2. The van der Waals surface area contributed by atoms with Crippen LogP contribution >= 0.6 is 0 Å². The highest BCUT2D eigenvalue weighted by Crippen LogP contribution is 2.56. The fourth-order valence-electron chi connectivity index (χ4n) is 8.38. The molecule has 1 aliphatic heterocycles. The van der Waals surface area contributed by atoms with E-state index in [4.69, 9.17) is 14.7 Å². The third-order valence-electron chi connectivity index (χ3n) is 11.0. The largest absolute Gasteiger partial charge is 0.508 e. The number of ether oxygens (including phenoxy) is 1. The quantitative estimate of drug-likeness (QED) is 0.182. The predicted octanol–water partition coefficient (Wildman–Crippen LogP) is 15.0. The zero-order valence-corrected chi connectivity index (χ0v) is 35.4. The molecule has 0 saturated heterocycles. The van der Waals surface area contributed by atoms with E-state index in [-0.39, 0.29) is 5.75 Å². The maximum absolute atomic E-state index is 10.2. The van der Waals surface area contributed by atoms with E-state index in [9.17, 15) is 5.11 Å². The average molecular weight is 795 g/mol. The van der Waals surface area contributed by atoms with Gasteiger partial charge in [-0.15, -0.1) is 0 Å². The summed E-state index contributed by atoms with van der Waals surface area (Å²) >= 11 is 0. The van der Waals surface area contributed by atoms with E-state index in [1.54, 1.807) is 12.1 Å². The van der Waals surface area contributed by atoms with Crippen LogP contribution in [0.3, 0.4) is 0 Å². The Morgan fingerprint density at radius 3 is 1.26 bits per heavy atom. The topological polar surface area (TPSA) is 54.2 Å². The van der Waals surface area contributed by atoms with E-state index < -0.39 is 5.41 Å². The van der Waals surface area contributed by atoms with Gasteiger partial charge in [0.15, 0.2) is 0 Å². The molecule has 300 valence electrons. The van der Waals surface area contributed by atoms with Crippen molar-refractivity contribution >= 4 is 22.8 Å². The van der Waals surface area contributed by atoms with Crippen molar-refractivity contribution in [2.24, 2.45) is 9.98 Å². The maximum atomic E-state index is 10.2. The first-order chi connectivity index (χ1) is 30.0. The summed E-state index contributed by atoms with van der Waals surface area (Å²) in [7, 11) is 0. The molecule has 10 rings (SSSR count). The Labute approximate surface area is 360 Å². The smallest absolute Gasteiger partial charge is 0.127 e. The van der Waals surface area contributed by atoms with Crippen LogP contribution in [0.5, 0.6) is 17.2 Å². The van der Waals surface area contributed by atoms with Crippen molar-refractivity contribution in [3.05, 3.63) is 244 Å². The molecule has 0 unspecified atom stereocenters. The highest BCUT2D eigenvalue weighted by Gasteiger charge is 2.45. The zero-order chi connectivity index (χ0) is 42.3. The zero-order valence-electron chi connectivity index (χ0n) is 35.4. The van der Waals surface area contributed by atoms with Crippen molar-refractivity contribution in [1.29, 1.82) is 0 Å². The molecule has 0 bridgehead atoms. The van der Waals surface area contributed by atoms with E-state index in [0.717, 1.165) is 67.7 Å². The molecular weight excluding hydrogens is 745 g/mol. The Bertz CT molecular complexity index is 2790. The van der Waals surface area contributed by atoms with Crippen LogP contribution in [0.25, 0.3) is 11.1 Å². The first-order valence-electron chi connectivity index (χ1n) is 21.3. The van der Waals surface area contributed by atoms with Crippen molar-refractivity contribution in [1.82, 2.24) is 0 Å². The minimum Gasteiger partial charge on any atom is -0.508 e. The van der Waals surface area contributed by atoms with Gasteiger partial charge in [-0.1, -0.05) is 173 Å². The van der Waals surface area contributed by atoms with Crippen LogP contribution < -0.4 is 4.74 Å². The van der Waals surface area contributed by atoms with Gasteiger partial charge in [-0.05, 0) is 101 Å². The van der Waals surface area contributed by atoms with Crippen LogP contribution in [0.2, 0.25) is 0 Å². The first-order valence-corrected chi connectivity index (χ1v) is 21.3. The summed E-state index contributed by atoms with van der Waals surface area (Å²) in [4.78, 5) is 10.6. The molecule has 8 aromatic rings. The van der Waals surface area contributed by atoms with Crippen molar-refractivity contribution in [3.63, 3.8) is 0 Å². The van der Waals surface area contributed by atoms with Crippen LogP contribution in [-0.2, 0) is 5.41 Å². The number of phenolic OH excluding ortho intramolecular Hbond substituents is 1. The average Bonchev–Trinajstić information content (AvgIpc) is 3.60. The van der Waals surface area contributed by atoms with Crippen LogP contribution in [0.4, 0.5) is 11.4 Å². The van der Waals surface area contributed by atoms with Crippen molar-refractivity contribution < 1.29 is 9.84 Å². The number of benzene rings is 8. The Morgan fingerprint density at radius 2 is 0.803 bits per heavy atom. The van der Waals surface area contributed by atoms with Crippen molar-refractivity contribution in [2.45, 2.75) is 46.5 Å². The number of hydrogen-bond donors (Lipinski definition) is 1. The monoisotopic (exact) mass is 794 g/mol. The second kappa shape index (κ2) is 17.9. The maximum Gasteiger partial charge on any atom is 0.127 e. The molecule has 8 aromatic carbocycles. The standard InChI is InChI=1S/C52H36N2O2.C3H8.C2H6/c1-34-18-20-35(21-19-34)50-44-12-4-8-16-48(44)54-51(45-13-5-9-17-49(45)53-50)36-22-30-40(31-23-36)56-41-32-26-38(27-33-41)52(37-24-28-39(55)29-25-37)46-14-6-2-10-42(46)43-11-3-7-15-47(43)52;1-3-2;1-2/h2-33,55H,1H3;3H2,1-2H3;1-2H3. The molecule has 0 radical (unpaired) electrons. The molecule has 2 aliphatic rings. The number of phenols is 1. The van der Waals surface area contributed by atoms with Gasteiger partial charge in [0, 0.05) is 22.3 Å². The van der Waals surface area contributed by atoms with Gasteiger partial charge in [0.25, 0.3) is 0 Å². The molecule has 0 fully saturated rings. The fraction of sp³-hybridized carbons (Fsp3) is 0.123. The number of hydrogen-bond acceptors (Lipinski definition) is 4. The Morgan fingerprint density at radius 1 is 0.443 bits per heavy atom. The summed E-state index contributed by atoms with van der Waals surface area (Å²) in [6.07, 6.45) is 1.25. The van der Waals surface area contributed by atoms with Crippen LogP contribution in [-0.4, -0.2) is 16.5 Å². The number of rotatable bonds is 6. The summed E-state index contributed by atoms with van der Waals surface area (Å²) < 4.78 is 6.48. The lowest BCUT2D eigenvalue weighted by Crippen LogP contribution is -2.28. The second-order valence-corrected chi connectivity index (χ2v) is 15.1. The highest BCUT2D eigenvalue weighted by atomic mass is 16.5. The molecule has 4 nitrogen and oxygen atoms in total. The van der Waals surface area contributed by atoms with E-state index in [2.05, 4.69) is 142 Å². The van der Waals surface area contributed by atoms with Gasteiger partial charge in [0.05, 0.1) is 28.2 Å². The third-order valence-corrected chi connectivity index (χ3v) is 11.0. The van der Waals surface area contributed by atoms with E-state index in [1.807, 2.05) is 74.5 Å². The molecule has 0 amide bonds. The first kappa shape index (κ1) is 40.5. The van der Waals surface area contributed by atoms with E-state index in [0.29, 0.717) is 0 Å². The van der Waals surface area contributed by atoms with Gasteiger partial charge in [-0.25, -0.2) is 9.98 Å². The Kier molecular flexibility index (Phi) is 11.9. The predicted molar refractivity (Wildman–Crippen MR) is 254 cm³/mol. The van der Waals surface area contributed by atoms with Crippen molar-refractivity contribution in [3.8, 4) is 28.4 Å². The summed E-state index contributed by atoms with van der Waals surface area (Å²) in [5, 5.41) is 10.2. The van der Waals surface area contributed by atoms with Crippen LogP contribution in [0.15, 0.2) is 204 Å². The van der Waals surface area contributed by atoms with Crippen molar-refractivity contribution in [2.75, 3.05) is 0 Å². The molecule has 1 N–H and O–H groups in total. The summed E-state index contributed by atoms with van der Waals surface area (Å²) in [5.74, 6) is 1.71. The Hall–Kier alpha value is -7.30. The Balaban J connectivity index is 0.000000986. The van der Waals surface area contributed by atoms with E-state index in [1.165, 1.54) is 34.2 Å². The molecule has 0 atom stereocenters. The third kappa shape index (κ3) is 7.69. The van der Waals surface area contributed by atoms with Crippen LogP contribution in [0.1, 0.15) is 84.2 Å². The minimum atomic E-state index is -0.556. The molecule has 0 spiro atoms. The minimum absolute atomic E-state index is 0.245. The highest BCUT2D eigenvalue weighted by molar-refractivity contribution is 6.22. The lowest BCUT2D eigenvalue weighted by Gasteiger charge is -2.34. The summed E-state index contributed by atoms with van der Waals surface area (Å²) in [6.45, 7) is 10.3. The fourth-order valence-corrected chi connectivity index (χ4v) is 8.38. The van der Waals surface area contributed by atoms with Gasteiger partial charge < -0.3 is 9.84 Å². The SMILES string of the molecule is CC.CCC.Cc1ccc(C2=Nc3ccccc3C(c3ccc(Oc4ccc(C5(c6ccc(O)cc6)c6ccccc6-c6ccccc65)cc4)cc3)=Nc3ccccc32)cc1. The number of aliphatic imine (C=N–C) groups is 2. The van der Waals surface area contributed by atoms with Gasteiger partial charge in [0.1, 0.15) is 17.2 Å². The van der Waals surface area contributed by atoms with Gasteiger partial charge in [-0.2, -0.15) is 0 Å². The molecule has 1 aliphatic carbocycles. The second-order valence-electron chi connectivity index (χ2n) is 15.1. The lowest BCUT2D eigenvalue weighted by atomic mass is 9.68. The van der Waals surface area contributed by atoms with Gasteiger partial charge in [0.2, 0.25) is 0 Å². The number of fused-ring (bicyclic) bond motifs is 5. The molecule has 0 aromatic heterocycles.